The Bertz CT molecular complexity index is 2320. The van der Waals surface area contributed by atoms with Gasteiger partial charge in [-0.25, -0.2) is 9.78 Å². The van der Waals surface area contributed by atoms with Crippen molar-refractivity contribution < 1.29 is 44.6 Å². The summed E-state index contributed by atoms with van der Waals surface area (Å²) < 4.78 is 12.1. The van der Waals surface area contributed by atoms with E-state index in [4.69, 9.17) is 14.5 Å². The number of aliphatic hydroxyl groups is 3. The zero-order valence-electron chi connectivity index (χ0n) is 25.5. The van der Waals surface area contributed by atoms with Crippen molar-refractivity contribution in [3.05, 3.63) is 116 Å². The number of cyclic esters (lactones) is 1. The minimum absolute atomic E-state index is 0.0348. The number of hydrogen-bond donors (Lipinski definition) is 5. The van der Waals surface area contributed by atoms with Crippen molar-refractivity contribution in [3.8, 4) is 22.9 Å². The van der Waals surface area contributed by atoms with Gasteiger partial charge in [0.05, 0.1) is 29.0 Å². The first-order valence-electron chi connectivity index (χ1n) is 15.3. The van der Waals surface area contributed by atoms with E-state index in [-0.39, 0.29) is 48.9 Å². The predicted octanol–water partition coefficient (Wildman–Crippen LogP) is 3.16. The topological polar surface area (TPSA) is 189 Å². The molecule has 0 fully saturated rings. The highest BCUT2D eigenvalue weighted by Crippen LogP contribution is 2.50. The Balaban J connectivity index is 0.000000142. The third-order valence-corrected chi connectivity index (χ3v) is 9.65. The van der Waals surface area contributed by atoms with Crippen LogP contribution in [0.15, 0.2) is 82.6 Å². The molecule has 2 aromatic carbocycles. The number of allylic oxidation sites excluding steroid dienone is 2. The molecule has 2 aliphatic carbocycles. The van der Waals surface area contributed by atoms with Crippen molar-refractivity contribution in [1.29, 1.82) is 0 Å². The largest absolute Gasteiger partial charge is 0.504 e. The highest BCUT2D eigenvalue weighted by atomic mass is 16.6. The fraction of sp³-hybridized carbons (Fsp3) is 0.222. The van der Waals surface area contributed by atoms with Gasteiger partial charge in [-0.1, -0.05) is 25.1 Å². The minimum Gasteiger partial charge on any atom is -0.504 e. The molecule has 0 amide bonds. The number of hydrogen-bond acceptors (Lipinski definition) is 11. The van der Waals surface area contributed by atoms with Gasteiger partial charge in [0.2, 0.25) is 11.5 Å². The van der Waals surface area contributed by atoms with Crippen LogP contribution in [0.1, 0.15) is 41.2 Å². The monoisotopic (exact) mass is 648 g/mol. The molecule has 5 aliphatic rings. The van der Waals surface area contributed by atoms with Crippen molar-refractivity contribution in [1.82, 2.24) is 9.55 Å². The van der Waals surface area contributed by atoms with Crippen LogP contribution >= 0.6 is 0 Å². The average Bonchev–Trinajstić information content (AvgIpc) is 3.58. The van der Waals surface area contributed by atoms with Crippen LogP contribution in [0.2, 0.25) is 0 Å². The van der Waals surface area contributed by atoms with Gasteiger partial charge in [0, 0.05) is 34.1 Å². The first-order valence-corrected chi connectivity index (χ1v) is 15.3. The second kappa shape index (κ2) is 10.1. The molecule has 12 nitrogen and oxygen atoms in total. The average molecular weight is 649 g/mol. The number of phenolic OH excluding ortho intramolecular Hbond substituents is 2. The number of benzene rings is 2. The Morgan fingerprint density at radius 2 is 1.71 bits per heavy atom. The van der Waals surface area contributed by atoms with Crippen LogP contribution < -0.4 is 5.56 Å². The predicted molar refractivity (Wildman–Crippen MR) is 170 cm³/mol. The number of phenols is 2. The first-order chi connectivity index (χ1) is 22.9. The van der Waals surface area contributed by atoms with Crippen LogP contribution in [0, 0.1) is 0 Å². The summed E-state index contributed by atoms with van der Waals surface area (Å²) in [5, 5.41) is 51.9. The SMILES string of the molecule is CCC1(O)C(=O)OCc2c1cc1n(c2=O)Cc2cc3ccccc3nc2-1.O=C1C=CC2=C3c4cc(O)c(O)cc4CC3(O)COC2=C1O. The van der Waals surface area contributed by atoms with Crippen molar-refractivity contribution in [3.63, 3.8) is 0 Å². The second-order valence-electron chi connectivity index (χ2n) is 12.5. The molecule has 12 heteroatoms. The summed E-state index contributed by atoms with van der Waals surface area (Å²) >= 11 is 0. The number of esters is 1. The van der Waals surface area contributed by atoms with Gasteiger partial charge < -0.3 is 39.6 Å². The fourth-order valence-electron chi connectivity index (χ4n) is 7.18. The maximum absolute atomic E-state index is 13.0. The normalized spacial score (nSPS) is 22.9. The van der Waals surface area contributed by atoms with E-state index in [9.17, 15) is 39.9 Å². The number of nitrogens with zero attached hydrogens (tertiary/aromatic N) is 2. The number of fused-ring (bicyclic) bond motifs is 9. The molecule has 5 N–H and O–H groups in total. The number of aromatic nitrogens is 2. The summed E-state index contributed by atoms with van der Waals surface area (Å²) in [5.74, 6) is -2.29. The van der Waals surface area contributed by atoms with Crippen LogP contribution in [-0.2, 0) is 44.2 Å². The summed E-state index contributed by atoms with van der Waals surface area (Å²) in [7, 11) is 0. The first kappa shape index (κ1) is 29.7. The molecular weight excluding hydrogens is 620 g/mol. The number of carbonyl (C=O) groups excluding carboxylic acids is 2. The van der Waals surface area contributed by atoms with E-state index >= 15 is 0 Å². The molecule has 0 saturated heterocycles. The van der Waals surface area contributed by atoms with Gasteiger partial charge in [-0.3, -0.25) is 9.59 Å². The Kier molecular flexibility index (Phi) is 6.27. The van der Waals surface area contributed by atoms with E-state index in [0.717, 1.165) is 22.2 Å². The lowest BCUT2D eigenvalue weighted by molar-refractivity contribution is -0.172. The molecule has 2 atom stereocenters. The van der Waals surface area contributed by atoms with Crippen LogP contribution in [0.4, 0.5) is 0 Å². The molecule has 9 rings (SSSR count). The Labute approximate surface area is 271 Å². The van der Waals surface area contributed by atoms with E-state index in [1.54, 1.807) is 17.6 Å². The zero-order valence-corrected chi connectivity index (χ0v) is 25.5. The number of aliphatic hydroxyl groups excluding tert-OH is 1. The number of ether oxygens (including phenoxy) is 2. The molecule has 0 saturated carbocycles. The summed E-state index contributed by atoms with van der Waals surface area (Å²) in [5.41, 5.74) is 2.61. The molecule has 5 heterocycles. The molecular formula is C36H28N2O10. The molecule has 4 aromatic rings. The number of aromatic hydroxyl groups is 2. The molecule has 3 aliphatic heterocycles. The number of carbonyl (C=O) groups is 2. The standard InChI is InChI=1S/C20H16N2O4.C16H12O6/c1-2-20(25)14-8-16-17-12(7-11-5-3-4-6-15(11)21-17)9-22(16)18(23)13(14)10-26-19(20)24;17-10-2-1-8-13-9-4-12(19)11(18)3-7(9)5-16(13,21)6-22-15(8)14(10)20/h3-8,25H,2,9-10H2,1H3;1-4,18-21H,5-6H2. The summed E-state index contributed by atoms with van der Waals surface area (Å²) in [4.78, 5) is 41.4. The summed E-state index contributed by atoms with van der Waals surface area (Å²) in [6.45, 7) is 1.89. The van der Waals surface area contributed by atoms with Crippen LogP contribution in [-0.4, -0.2) is 59.0 Å². The number of pyridine rings is 2. The van der Waals surface area contributed by atoms with E-state index in [0.29, 0.717) is 45.6 Å². The fourth-order valence-corrected chi connectivity index (χ4v) is 7.18. The van der Waals surface area contributed by atoms with Crippen LogP contribution in [0.25, 0.3) is 27.9 Å². The minimum atomic E-state index is -1.79. The van der Waals surface area contributed by atoms with Gasteiger partial charge >= 0.3 is 5.97 Å². The van der Waals surface area contributed by atoms with Crippen molar-refractivity contribution in [2.75, 3.05) is 6.61 Å². The van der Waals surface area contributed by atoms with Crippen molar-refractivity contribution in [2.45, 2.75) is 44.1 Å². The Morgan fingerprint density at radius 3 is 2.50 bits per heavy atom. The smallest absolute Gasteiger partial charge is 0.343 e. The summed E-state index contributed by atoms with van der Waals surface area (Å²) in [6, 6.07) is 14.3. The van der Waals surface area contributed by atoms with Gasteiger partial charge in [-0.2, -0.15) is 0 Å². The lowest BCUT2D eigenvalue weighted by atomic mass is 9.85. The molecule has 2 aromatic heterocycles. The van der Waals surface area contributed by atoms with Gasteiger partial charge in [0.15, 0.2) is 22.9 Å². The Morgan fingerprint density at radius 1 is 0.938 bits per heavy atom. The maximum Gasteiger partial charge on any atom is 0.343 e. The molecule has 0 spiro atoms. The number of rotatable bonds is 1. The Hall–Kier alpha value is -5.72. The number of para-hydroxylation sites is 1. The van der Waals surface area contributed by atoms with Crippen molar-refractivity contribution >= 4 is 28.2 Å². The highest BCUT2D eigenvalue weighted by molar-refractivity contribution is 6.06. The van der Waals surface area contributed by atoms with Crippen LogP contribution in [0.3, 0.4) is 0 Å². The van der Waals surface area contributed by atoms with Crippen molar-refractivity contribution in [2.24, 2.45) is 0 Å². The van der Waals surface area contributed by atoms with E-state index < -0.39 is 28.7 Å². The quantitative estimate of drug-likeness (QED) is 0.133. The van der Waals surface area contributed by atoms with Gasteiger partial charge in [-0.15, -0.1) is 0 Å². The number of ketones is 1. The van der Waals surface area contributed by atoms with Gasteiger partial charge in [0.25, 0.3) is 5.56 Å². The molecule has 0 bridgehead atoms. The lowest BCUT2D eigenvalue weighted by Gasteiger charge is -2.33. The summed E-state index contributed by atoms with van der Waals surface area (Å²) in [6.07, 6.45) is 3.04. The van der Waals surface area contributed by atoms with Crippen LogP contribution in [0.5, 0.6) is 11.5 Å². The molecule has 48 heavy (non-hydrogen) atoms. The third kappa shape index (κ3) is 4.09. The van der Waals surface area contributed by atoms with E-state index in [2.05, 4.69) is 0 Å². The van der Waals surface area contributed by atoms with E-state index in [1.165, 1.54) is 24.3 Å². The van der Waals surface area contributed by atoms with E-state index in [1.807, 2.05) is 30.3 Å². The van der Waals surface area contributed by atoms with Gasteiger partial charge in [0.1, 0.15) is 18.8 Å². The zero-order chi connectivity index (χ0) is 33.7. The maximum atomic E-state index is 13.0. The molecule has 242 valence electrons. The van der Waals surface area contributed by atoms with Gasteiger partial charge in [-0.05, 0) is 60.0 Å². The lowest BCUT2D eigenvalue weighted by Crippen LogP contribution is -2.44. The molecule has 0 radical (unpaired) electrons. The third-order valence-electron chi connectivity index (χ3n) is 9.65. The highest BCUT2D eigenvalue weighted by Gasteiger charge is 2.48. The molecule has 2 unspecified atom stereocenters. The second-order valence-corrected chi connectivity index (χ2v) is 12.5.